The average molecular weight is 282 g/mol. The molecule has 3 N–H and O–H groups in total. The first-order chi connectivity index (χ1) is 9.01. The number of hydrogen-bond donors (Lipinski definition) is 2. The first-order valence-corrected chi connectivity index (χ1v) is 7.87. The molecule has 0 aliphatic carbocycles. The van der Waals surface area contributed by atoms with Crippen LogP contribution < -0.4 is 11.1 Å². The Kier molecular flexibility index (Phi) is 7.10. The van der Waals surface area contributed by atoms with Crippen molar-refractivity contribution >= 4 is 17.2 Å². The van der Waals surface area contributed by atoms with Gasteiger partial charge in [-0.1, -0.05) is 6.92 Å². The molecule has 1 aromatic rings. The lowest BCUT2D eigenvalue weighted by Crippen LogP contribution is -2.34. The molecule has 4 heteroatoms. The van der Waals surface area contributed by atoms with E-state index in [1.54, 1.807) is 11.3 Å². The standard InChI is InChI=1S/C15H26N2OS/c1-11(8-9-16)4-7-15(18)17-12(2)10-14-6-5-13(3)19-14/h5-6,11-12H,4,7-10,16H2,1-3H3,(H,17,18). The highest BCUT2D eigenvalue weighted by Gasteiger charge is 2.10. The van der Waals surface area contributed by atoms with Gasteiger partial charge in [0.2, 0.25) is 5.91 Å². The van der Waals surface area contributed by atoms with Gasteiger partial charge in [0.05, 0.1) is 0 Å². The number of nitrogens with two attached hydrogens (primary N) is 1. The van der Waals surface area contributed by atoms with Gasteiger partial charge in [-0.3, -0.25) is 4.79 Å². The maximum absolute atomic E-state index is 11.8. The number of rotatable bonds is 8. The van der Waals surface area contributed by atoms with Crippen LogP contribution in [0.4, 0.5) is 0 Å². The summed E-state index contributed by atoms with van der Waals surface area (Å²) in [5.41, 5.74) is 5.51. The van der Waals surface area contributed by atoms with Crippen molar-refractivity contribution in [2.45, 2.75) is 52.5 Å². The van der Waals surface area contributed by atoms with E-state index in [0.29, 0.717) is 18.9 Å². The number of carbonyl (C=O) groups is 1. The fraction of sp³-hybridized carbons (Fsp3) is 0.667. The summed E-state index contributed by atoms with van der Waals surface area (Å²) in [5, 5.41) is 3.07. The number of nitrogens with one attached hydrogen (secondary N) is 1. The van der Waals surface area contributed by atoms with Crippen molar-refractivity contribution in [1.29, 1.82) is 0 Å². The van der Waals surface area contributed by atoms with Crippen LogP contribution in [0.3, 0.4) is 0 Å². The van der Waals surface area contributed by atoms with Crippen LogP contribution in [0.5, 0.6) is 0 Å². The largest absolute Gasteiger partial charge is 0.353 e. The molecule has 0 aliphatic heterocycles. The molecule has 0 aromatic carbocycles. The first kappa shape index (κ1) is 16.2. The SMILES string of the molecule is Cc1ccc(CC(C)NC(=O)CCC(C)CCN)s1. The minimum atomic E-state index is 0.157. The second-order valence-corrected chi connectivity index (χ2v) is 6.78. The molecule has 19 heavy (non-hydrogen) atoms. The van der Waals surface area contributed by atoms with Crippen LogP contribution in [0.15, 0.2) is 12.1 Å². The van der Waals surface area contributed by atoms with Gasteiger partial charge in [0.15, 0.2) is 0 Å². The van der Waals surface area contributed by atoms with E-state index < -0.39 is 0 Å². The Morgan fingerprint density at radius 3 is 2.68 bits per heavy atom. The maximum atomic E-state index is 11.8. The van der Waals surface area contributed by atoms with E-state index in [9.17, 15) is 4.79 Å². The third kappa shape index (κ3) is 6.73. The van der Waals surface area contributed by atoms with Gasteiger partial charge in [0.25, 0.3) is 0 Å². The predicted octanol–water partition coefficient (Wildman–Crippen LogP) is 2.87. The Labute approximate surface area is 120 Å². The topological polar surface area (TPSA) is 55.1 Å². The third-order valence-electron chi connectivity index (χ3n) is 3.23. The lowest BCUT2D eigenvalue weighted by molar-refractivity contribution is -0.121. The van der Waals surface area contributed by atoms with E-state index >= 15 is 0 Å². The van der Waals surface area contributed by atoms with Gasteiger partial charge < -0.3 is 11.1 Å². The summed E-state index contributed by atoms with van der Waals surface area (Å²) in [5.74, 6) is 0.690. The van der Waals surface area contributed by atoms with Crippen molar-refractivity contribution in [3.63, 3.8) is 0 Å². The quantitative estimate of drug-likeness (QED) is 0.770. The molecule has 0 radical (unpaired) electrons. The Morgan fingerprint density at radius 2 is 2.11 bits per heavy atom. The number of amides is 1. The highest BCUT2D eigenvalue weighted by molar-refractivity contribution is 7.11. The van der Waals surface area contributed by atoms with Gasteiger partial charge in [-0.2, -0.15) is 0 Å². The molecular formula is C15H26N2OS. The summed E-state index contributed by atoms with van der Waals surface area (Å²) < 4.78 is 0. The molecule has 1 heterocycles. The smallest absolute Gasteiger partial charge is 0.220 e. The third-order valence-corrected chi connectivity index (χ3v) is 4.26. The van der Waals surface area contributed by atoms with Crippen molar-refractivity contribution in [1.82, 2.24) is 5.32 Å². The molecule has 0 aliphatic rings. The van der Waals surface area contributed by atoms with Crippen LogP contribution in [-0.4, -0.2) is 18.5 Å². The summed E-state index contributed by atoms with van der Waals surface area (Å²) in [4.78, 5) is 14.5. The normalized spacial score (nSPS) is 14.1. The second kappa shape index (κ2) is 8.33. The molecule has 0 spiro atoms. The Bertz CT molecular complexity index is 389. The van der Waals surface area contributed by atoms with E-state index in [4.69, 9.17) is 5.73 Å². The minimum absolute atomic E-state index is 0.157. The van der Waals surface area contributed by atoms with Crippen molar-refractivity contribution in [2.75, 3.05) is 6.54 Å². The molecular weight excluding hydrogens is 256 g/mol. The molecule has 1 amide bonds. The Balaban J connectivity index is 2.24. The molecule has 0 saturated heterocycles. The van der Waals surface area contributed by atoms with Crippen molar-refractivity contribution in [3.8, 4) is 0 Å². The van der Waals surface area contributed by atoms with Crippen LogP contribution in [0.25, 0.3) is 0 Å². The highest BCUT2D eigenvalue weighted by Crippen LogP contribution is 2.16. The van der Waals surface area contributed by atoms with Crippen molar-refractivity contribution < 1.29 is 4.79 Å². The lowest BCUT2D eigenvalue weighted by atomic mass is 10.0. The predicted molar refractivity (Wildman–Crippen MR) is 82.4 cm³/mol. The summed E-state index contributed by atoms with van der Waals surface area (Å²) in [6.07, 6.45) is 3.45. The molecule has 1 rings (SSSR count). The van der Waals surface area contributed by atoms with Crippen molar-refractivity contribution in [2.24, 2.45) is 11.7 Å². The monoisotopic (exact) mass is 282 g/mol. The zero-order chi connectivity index (χ0) is 14.3. The summed E-state index contributed by atoms with van der Waals surface area (Å²) in [6, 6.07) is 4.48. The molecule has 0 fully saturated rings. The zero-order valence-corrected chi connectivity index (χ0v) is 13.1. The van der Waals surface area contributed by atoms with E-state index in [-0.39, 0.29) is 11.9 Å². The molecule has 108 valence electrons. The molecule has 2 unspecified atom stereocenters. The van der Waals surface area contributed by atoms with E-state index in [2.05, 4.69) is 38.2 Å². The summed E-state index contributed by atoms with van der Waals surface area (Å²) in [7, 11) is 0. The molecule has 2 atom stereocenters. The van der Waals surface area contributed by atoms with Crippen LogP contribution in [-0.2, 0) is 11.2 Å². The number of carbonyl (C=O) groups excluding carboxylic acids is 1. The Morgan fingerprint density at radius 1 is 1.37 bits per heavy atom. The van der Waals surface area contributed by atoms with E-state index in [1.165, 1.54) is 9.75 Å². The number of hydrogen-bond acceptors (Lipinski definition) is 3. The van der Waals surface area contributed by atoms with E-state index in [0.717, 1.165) is 19.3 Å². The first-order valence-electron chi connectivity index (χ1n) is 7.06. The van der Waals surface area contributed by atoms with Gasteiger partial charge in [-0.05, 0) is 51.3 Å². The maximum Gasteiger partial charge on any atom is 0.220 e. The van der Waals surface area contributed by atoms with Gasteiger partial charge in [-0.15, -0.1) is 11.3 Å². The molecule has 0 saturated carbocycles. The van der Waals surface area contributed by atoms with E-state index in [1.807, 2.05) is 0 Å². The second-order valence-electron chi connectivity index (χ2n) is 5.41. The lowest BCUT2D eigenvalue weighted by Gasteiger charge is -2.14. The fourth-order valence-electron chi connectivity index (χ4n) is 2.10. The van der Waals surface area contributed by atoms with Crippen molar-refractivity contribution in [3.05, 3.63) is 21.9 Å². The Hall–Kier alpha value is -0.870. The number of aryl methyl sites for hydroxylation is 1. The number of thiophene rings is 1. The van der Waals surface area contributed by atoms with Crippen LogP contribution in [0.1, 0.15) is 42.9 Å². The highest BCUT2D eigenvalue weighted by atomic mass is 32.1. The van der Waals surface area contributed by atoms with Crippen LogP contribution in [0.2, 0.25) is 0 Å². The van der Waals surface area contributed by atoms with Gasteiger partial charge in [0, 0.05) is 28.6 Å². The average Bonchev–Trinajstić information content (AvgIpc) is 2.72. The van der Waals surface area contributed by atoms with Gasteiger partial charge >= 0.3 is 0 Å². The molecule has 3 nitrogen and oxygen atoms in total. The molecule has 0 bridgehead atoms. The van der Waals surface area contributed by atoms with Gasteiger partial charge in [0.1, 0.15) is 0 Å². The van der Waals surface area contributed by atoms with Crippen LogP contribution in [0, 0.1) is 12.8 Å². The van der Waals surface area contributed by atoms with Gasteiger partial charge in [-0.25, -0.2) is 0 Å². The minimum Gasteiger partial charge on any atom is -0.353 e. The summed E-state index contributed by atoms with van der Waals surface area (Å²) in [6.45, 7) is 7.03. The zero-order valence-electron chi connectivity index (χ0n) is 12.2. The van der Waals surface area contributed by atoms with Crippen LogP contribution >= 0.6 is 11.3 Å². The summed E-state index contributed by atoms with van der Waals surface area (Å²) >= 11 is 1.80. The molecule has 1 aromatic heterocycles. The fourth-order valence-corrected chi connectivity index (χ4v) is 3.12.